The average Bonchev–Trinajstić information content (AvgIpc) is 3.62. The van der Waals surface area contributed by atoms with Crippen molar-refractivity contribution in [1.29, 1.82) is 0 Å². The first-order valence-corrected chi connectivity index (χ1v) is 16.4. The maximum absolute atomic E-state index is 13.7. The quantitative estimate of drug-likeness (QED) is 0.206. The molecule has 45 heavy (non-hydrogen) atoms. The zero-order valence-corrected chi connectivity index (χ0v) is 26.1. The number of hydrogen-bond donors (Lipinski definition) is 1. The summed E-state index contributed by atoms with van der Waals surface area (Å²) in [5, 5.41) is 4.31. The number of rotatable bonds is 11. The Bertz CT molecular complexity index is 1880. The van der Waals surface area contributed by atoms with Gasteiger partial charge >= 0.3 is 11.9 Å². The second-order valence-electron chi connectivity index (χ2n) is 11.7. The van der Waals surface area contributed by atoms with Crippen molar-refractivity contribution in [2.75, 3.05) is 0 Å². The molecule has 8 nitrogen and oxygen atoms in total. The molecular formula is C33H35F3N4O4S. The van der Waals surface area contributed by atoms with Gasteiger partial charge in [-0.15, -0.1) is 5.10 Å². The van der Waals surface area contributed by atoms with E-state index in [-0.39, 0.29) is 28.5 Å². The Morgan fingerprint density at radius 3 is 2.33 bits per heavy atom. The summed E-state index contributed by atoms with van der Waals surface area (Å²) in [6.07, 6.45) is -1.35. The van der Waals surface area contributed by atoms with E-state index in [9.17, 15) is 31.2 Å². The van der Waals surface area contributed by atoms with Crippen LogP contribution in [0, 0.1) is 11.3 Å². The number of sulfonamides is 1. The number of carbonyl (C=O) groups is 1. The molecule has 1 N–H and O–H groups in total. The van der Waals surface area contributed by atoms with Crippen molar-refractivity contribution in [3.05, 3.63) is 100 Å². The van der Waals surface area contributed by atoms with E-state index in [0.29, 0.717) is 41.8 Å². The summed E-state index contributed by atoms with van der Waals surface area (Å²) < 4.78 is 72.2. The standard InChI is InChI=1S/C33H35F3N4O4S/c1-4-6-15-29-37-40(27-13-9-8-12-25(27)33(34,35)36)31(42)39(29)21-22-16-18-23(19-17-22)24-11-7-10-14-28(24)45(43,44)38-30(41)26-20-32(26,3)5-2/h7-14,16-19,26H,4-6,15,20-21H2,1-3H3,(H,38,41). The molecule has 0 aliphatic heterocycles. The van der Waals surface area contributed by atoms with Crippen LogP contribution in [0.3, 0.4) is 0 Å². The number of benzene rings is 3. The van der Waals surface area contributed by atoms with Crippen LogP contribution in [0.15, 0.2) is 82.5 Å². The Kier molecular flexibility index (Phi) is 8.81. The molecule has 0 spiro atoms. The van der Waals surface area contributed by atoms with Gasteiger partial charge in [-0.1, -0.05) is 81.8 Å². The number of alkyl halides is 3. The van der Waals surface area contributed by atoms with Crippen LogP contribution in [-0.2, 0) is 34.0 Å². The van der Waals surface area contributed by atoms with Crippen molar-refractivity contribution in [3.8, 4) is 16.8 Å². The first-order valence-electron chi connectivity index (χ1n) is 14.9. The normalized spacial score (nSPS) is 18.1. The SMILES string of the molecule is CCCCc1nn(-c2ccccc2C(F)(F)F)c(=O)n1Cc1ccc(-c2ccccc2S(=O)(=O)NC(=O)C2CC2(C)CC)cc1. The van der Waals surface area contributed by atoms with Gasteiger partial charge in [-0.3, -0.25) is 9.36 Å². The maximum atomic E-state index is 13.7. The number of halogens is 3. The minimum absolute atomic E-state index is 0.0346. The zero-order valence-electron chi connectivity index (χ0n) is 25.3. The third kappa shape index (κ3) is 6.61. The molecule has 0 saturated heterocycles. The van der Waals surface area contributed by atoms with E-state index in [1.165, 1.54) is 28.8 Å². The summed E-state index contributed by atoms with van der Waals surface area (Å²) in [5.74, 6) is -0.488. The van der Waals surface area contributed by atoms with E-state index in [1.807, 2.05) is 20.8 Å². The molecule has 0 radical (unpaired) electrons. The molecule has 238 valence electrons. The highest BCUT2D eigenvalue weighted by molar-refractivity contribution is 7.90. The first-order chi connectivity index (χ1) is 21.3. The molecule has 12 heteroatoms. The van der Waals surface area contributed by atoms with Gasteiger partial charge in [0.15, 0.2) is 0 Å². The number of aryl methyl sites for hydroxylation is 1. The minimum Gasteiger partial charge on any atom is -0.274 e. The van der Waals surface area contributed by atoms with E-state index in [2.05, 4.69) is 9.82 Å². The molecule has 1 fully saturated rings. The second kappa shape index (κ2) is 12.3. The Morgan fingerprint density at radius 1 is 1.02 bits per heavy atom. The first kappa shape index (κ1) is 32.2. The molecule has 1 aliphatic rings. The highest BCUT2D eigenvalue weighted by Gasteiger charge is 2.53. The molecule has 2 unspecified atom stereocenters. The van der Waals surface area contributed by atoms with Gasteiger partial charge in [-0.25, -0.2) is 17.9 Å². The molecule has 5 rings (SSSR count). The Hall–Kier alpha value is -4.19. The molecule has 1 saturated carbocycles. The van der Waals surface area contributed by atoms with E-state index in [4.69, 9.17) is 0 Å². The lowest BCUT2D eigenvalue weighted by atomic mass is 10.0. The third-order valence-corrected chi connectivity index (χ3v) is 10.0. The fourth-order valence-electron chi connectivity index (χ4n) is 5.55. The van der Waals surface area contributed by atoms with Crippen LogP contribution in [-0.4, -0.2) is 28.7 Å². The number of carbonyl (C=O) groups excluding carboxylic acids is 1. The summed E-state index contributed by atoms with van der Waals surface area (Å²) >= 11 is 0. The molecule has 4 aromatic rings. The highest BCUT2D eigenvalue weighted by Crippen LogP contribution is 2.54. The topological polar surface area (TPSA) is 103 Å². The molecule has 1 amide bonds. The van der Waals surface area contributed by atoms with Crippen molar-refractivity contribution >= 4 is 15.9 Å². The summed E-state index contributed by atoms with van der Waals surface area (Å²) in [5.41, 5.74) is -0.531. The van der Waals surface area contributed by atoms with Gasteiger partial charge in [0.2, 0.25) is 5.91 Å². The van der Waals surface area contributed by atoms with Gasteiger partial charge in [-0.2, -0.15) is 17.9 Å². The lowest BCUT2D eigenvalue weighted by Gasteiger charge is -2.13. The lowest BCUT2D eigenvalue weighted by Crippen LogP contribution is -2.33. The second-order valence-corrected chi connectivity index (χ2v) is 13.4. The van der Waals surface area contributed by atoms with Gasteiger partial charge < -0.3 is 0 Å². The van der Waals surface area contributed by atoms with Crippen molar-refractivity contribution in [2.45, 2.75) is 70.5 Å². The van der Waals surface area contributed by atoms with Gasteiger partial charge in [0.25, 0.3) is 10.0 Å². The third-order valence-electron chi connectivity index (χ3n) is 8.62. The number of hydrogen-bond acceptors (Lipinski definition) is 5. The van der Waals surface area contributed by atoms with Gasteiger partial charge in [-0.05, 0) is 54.0 Å². The van der Waals surface area contributed by atoms with E-state index in [0.717, 1.165) is 23.6 Å². The van der Waals surface area contributed by atoms with E-state index < -0.39 is 33.4 Å². The fraction of sp³-hybridized carbons (Fsp3) is 0.364. The van der Waals surface area contributed by atoms with Crippen molar-refractivity contribution < 1.29 is 26.4 Å². The van der Waals surface area contributed by atoms with Gasteiger partial charge in [0, 0.05) is 17.9 Å². The van der Waals surface area contributed by atoms with Crippen molar-refractivity contribution in [1.82, 2.24) is 19.1 Å². The monoisotopic (exact) mass is 640 g/mol. The van der Waals surface area contributed by atoms with Crippen molar-refractivity contribution in [2.24, 2.45) is 11.3 Å². The predicted octanol–water partition coefficient (Wildman–Crippen LogP) is 6.35. The number of amides is 1. The number of aromatic nitrogens is 3. The lowest BCUT2D eigenvalue weighted by molar-refractivity contribution is -0.137. The van der Waals surface area contributed by atoms with Crippen molar-refractivity contribution in [3.63, 3.8) is 0 Å². The van der Waals surface area contributed by atoms with Gasteiger partial charge in [0.05, 0.1) is 22.7 Å². The summed E-state index contributed by atoms with van der Waals surface area (Å²) in [4.78, 5) is 26.2. The van der Waals surface area contributed by atoms with Crippen LogP contribution < -0.4 is 10.4 Å². The predicted molar refractivity (Wildman–Crippen MR) is 164 cm³/mol. The molecular weight excluding hydrogens is 605 g/mol. The molecule has 3 aromatic carbocycles. The Labute approximate surface area is 260 Å². The summed E-state index contributed by atoms with van der Waals surface area (Å²) in [7, 11) is -4.15. The fourth-order valence-corrected chi connectivity index (χ4v) is 6.80. The van der Waals surface area contributed by atoms with Crippen LogP contribution in [0.2, 0.25) is 0 Å². The largest absolute Gasteiger partial charge is 0.418 e. The number of nitrogens with zero attached hydrogens (tertiary/aromatic N) is 3. The number of para-hydroxylation sites is 1. The van der Waals surface area contributed by atoms with Crippen LogP contribution in [0.25, 0.3) is 16.8 Å². The minimum atomic E-state index is -4.67. The number of unbranched alkanes of at least 4 members (excludes halogenated alkanes) is 1. The molecule has 1 aliphatic carbocycles. The van der Waals surface area contributed by atoms with Gasteiger partial charge in [0.1, 0.15) is 5.82 Å². The Balaban J connectivity index is 1.43. The van der Waals surface area contributed by atoms with Crippen LogP contribution >= 0.6 is 0 Å². The number of nitrogens with one attached hydrogen (secondary N) is 1. The smallest absolute Gasteiger partial charge is 0.274 e. The molecule has 1 aromatic heterocycles. The highest BCUT2D eigenvalue weighted by atomic mass is 32.2. The van der Waals surface area contributed by atoms with Crippen LogP contribution in [0.1, 0.15) is 63.4 Å². The molecule has 0 bridgehead atoms. The summed E-state index contributed by atoms with van der Waals surface area (Å²) in [6.45, 7) is 5.96. The van der Waals surface area contributed by atoms with E-state index >= 15 is 0 Å². The van der Waals surface area contributed by atoms with Crippen LogP contribution in [0.5, 0.6) is 0 Å². The summed E-state index contributed by atoms with van der Waals surface area (Å²) in [6, 6.07) is 18.1. The average molecular weight is 641 g/mol. The van der Waals surface area contributed by atoms with E-state index in [1.54, 1.807) is 42.5 Å². The van der Waals surface area contributed by atoms with Crippen LogP contribution in [0.4, 0.5) is 13.2 Å². The maximum Gasteiger partial charge on any atom is 0.418 e. The zero-order chi connectivity index (χ0) is 32.6. The Morgan fingerprint density at radius 2 is 1.69 bits per heavy atom. The molecule has 2 atom stereocenters. The molecule has 1 heterocycles.